The van der Waals surface area contributed by atoms with Crippen molar-refractivity contribution in [3.8, 4) is 0 Å². The topological polar surface area (TPSA) is 101 Å². The number of hydrogen-bond donors (Lipinski definition) is 3. The summed E-state index contributed by atoms with van der Waals surface area (Å²) < 4.78 is 5.78. The average Bonchev–Trinajstić information content (AvgIpc) is 3.00. The predicted molar refractivity (Wildman–Crippen MR) is 95.0 cm³/mol. The molecule has 25 heavy (non-hydrogen) atoms. The fourth-order valence-corrected chi connectivity index (χ4v) is 3.17. The van der Waals surface area contributed by atoms with E-state index in [9.17, 15) is 9.59 Å². The number of nitrogens with zero attached hydrogens (tertiary/aromatic N) is 1. The molecule has 2 heterocycles. The summed E-state index contributed by atoms with van der Waals surface area (Å²) in [6, 6.07) is 9.39. The van der Waals surface area contributed by atoms with E-state index in [-0.39, 0.29) is 30.6 Å². The van der Waals surface area contributed by atoms with Crippen LogP contribution in [0.25, 0.3) is 11.0 Å². The van der Waals surface area contributed by atoms with Gasteiger partial charge in [-0.15, -0.1) is 0 Å². The number of urea groups is 1. The molecule has 7 nitrogen and oxygen atoms in total. The number of piperidine rings is 1. The molecule has 1 aromatic heterocycles. The Balaban J connectivity index is 1.48. The standard InChI is InChI=1S/C18H24N4O3/c1-12(16-10-13-4-2-3-5-15(13)25-16)20-18(24)21-14-6-8-22(9-7-14)11-17(19)23/h2-5,10,12,14H,6-9,11H2,1H3,(H2,19,23)(H2,20,21,24). The molecule has 3 amide bonds. The second-order valence-electron chi connectivity index (χ2n) is 6.54. The maximum atomic E-state index is 12.2. The fraction of sp³-hybridized carbons (Fsp3) is 0.444. The van der Waals surface area contributed by atoms with E-state index in [1.54, 1.807) is 0 Å². The van der Waals surface area contributed by atoms with Gasteiger partial charge in [-0.25, -0.2) is 4.79 Å². The van der Waals surface area contributed by atoms with Crippen LogP contribution in [-0.4, -0.2) is 42.5 Å². The maximum absolute atomic E-state index is 12.2. The molecule has 1 atom stereocenters. The first-order valence-corrected chi connectivity index (χ1v) is 8.57. The lowest BCUT2D eigenvalue weighted by Gasteiger charge is -2.31. The second kappa shape index (κ2) is 7.57. The molecule has 1 aromatic carbocycles. The van der Waals surface area contributed by atoms with Crippen molar-refractivity contribution in [1.29, 1.82) is 0 Å². The molecular weight excluding hydrogens is 320 g/mol. The van der Waals surface area contributed by atoms with Crippen molar-refractivity contribution in [2.24, 2.45) is 5.73 Å². The number of carbonyl (C=O) groups excluding carboxylic acids is 2. The van der Waals surface area contributed by atoms with Crippen molar-refractivity contribution in [2.75, 3.05) is 19.6 Å². The molecule has 134 valence electrons. The van der Waals surface area contributed by atoms with Gasteiger partial charge >= 0.3 is 6.03 Å². The highest BCUT2D eigenvalue weighted by molar-refractivity contribution is 5.78. The van der Waals surface area contributed by atoms with Gasteiger partial charge in [-0.3, -0.25) is 9.69 Å². The van der Waals surface area contributed by atoms with Crippen LogP contribution < -0.4 is 16.4 Å². The van der Waals surface area contributed by atoms with Gasteiger partial charge in [0.1, 0.15) is 11.3 Å². The minimum atomic E-state index is -0.316. The highest BCUT2D eigenvalue weighted by Gasteiger charge is 2.22. The number of nitrogens with one attached hydrogen (secondary N) is 2. The van der Waals surface area contributed by atoms with Gasteiger partial charge in [-0.1, -0.05) is 18.2 Å². The molecule has 1 aliphatic rings. The predicted octanol–water partition coefficient (Wildman–Crippen LogP) is 1.74. The molecule has 0 aliphatic carbocycles. The third-order valence-electron chi connectivity index (χ3n) is 4.52. The van der Waals surface area contributed by atoms with Gasteiger partial charge in [-0.2, -0.15) is 0 Å². The molecule has 3 rings (SSSR count). The molecule has 0 radical (unpaired) electrons. The number of furan rings is 1. The highest BCUT2D eigenvalue weighted by atomic mass is 16.3. The average molecular weight is 344 g/mol. The van der Waals surface area contributed by atoms with Crippen LogP contribution in [0.2, 0.25) is 0 Å². The van der Waals surface area contributed by atoms with Crippen molar-refractivity contribution in [3.05, 3.63) is 36.1 Å². The van der Waals surface area contributed by atoms with Gasteiger partial charge in [0.15, 0.2) is 0 Å². The quantitative estimate of drug-likeness (QED) is 0.769. The Morgan fingerprint density at radius 3 is 2.72 bits per heavy atom. The zero-order valence-electron chi connectivity index (χ0n) is 14.3. The van der Waals surface area contributed by atoms with Gasteiger partial charge in [0.2, 0.25) is 5.91 Å². The van der Waals surface area contributed by atoms with E-state index in [1.165, 1.54) is 0 Å². The van der Waals surface area contributed by atoms with Crippen LogP contribution in [0.1, 0.15) is 31.6 Å². The molecule has 1 aliphatic heterocycles. The lowest BCUT2D eigenvalue weighted by molar-refractivity contribution is -0.119. The molecule has 1 unspecified atom stereocenters. The number of hydrogen-bond acceptors (Lipinski definition) is 4. The molecule has 2 aromatic rings. The van der Waals surface area contributed by atoms with Crippen LogP contribution in [-0.2, 0) is 4.79 Å². The summed E-state index contributed by atoms with van der Waals surface area (Å²) in [7, 11) is 0. The van der Waals surface area contributed by atoms with Gasteiger partial charge in [-0.05, 0) is 31.9 Å². The molecule has 7 heteroatoms. The normalized spacial score (nSPS) is 17.3. The molecular formula is C18H24N4O3. The van der Waals surface area contributed by atoms with Crippen LogP contribution >= 0.6 is 0 Å². The lowest BCUT2D eigenvalue weighted by atomic mass is 10.1. The van der Waals surface area contributed by atoms with Crippen LogP contribution in [0.4, 0.5) is 4.79 Å². The highest BCUT2D eigenvalue weighted by Crippen LogP contribution is 2.23. The molecule has 1 saturated heterocycles. The van der Waals surface area contributed by atoms with E-state index in [2.05, 4.69) is 10.6 Å². The molecule has 1 fully saturated rings. The van der Waals surface area contributed by atoms with Crippen LogP contribution in [0.3, 0.4) is 0 Å². The monoisotopic (exact) mass is 344 g/mol. The Kier molecular flexibility index (Phi) is 5.23. The van der Waals surface area contributed by atoms with Gasteiger partial charge in [0.05, 0.1) is 12.6 Å². The largest absolute Gasteiger partial charge is 0.459 e. The number of carbonyl (C=O) groups is 2. The van der Waals surface area contributed by atoms with Gasteiger partial charge in [0.25, 0.3) is 0 Å². The van der Waals surface area contributed by atoms with Crippen LogP contribution in [0.5, 0.6) is 0 Å². The van der Waals surface area contributed by atoms with E-state index in [0.29, 0.717) is 0 Å². The van der Waals surface area contributed by atoms with E-state index in [0.717, 1.165) is 42.7 Å². The lowest BCUT2D eigenvalue weighted by Crippen LogP contribution is -2.49. The van der Waals surface area contributed by atoms with Crippen molar-refractivity contribution in [2.45, 2.75) is 31.8 Å². The van der Waals surface area contributed by atoms with Crippen molar-refractivity contribution in [3.63, 3.8) is 0 Å². The summed E-state index contributed by atoms with van der Waals surface area (Å²) in [6.07, 6.45) is 1.61. The Morgan fingerprint density at radius 2 is 2.04 bits per heavy atom. The number of primary amides is 1. The summed E-state index contributed by atoms with van der Waals surface area (Å²) in [5.41, 5.74) is 6.02. The fourth-order valence-electron chi connectivity index (χ4n) is 3.17. The Morgan fingerprint density at radius 1 is 1.32 bits per heavy atom. The van der Waals surface area contributed by atoms with E-state index < -0.39 is 0 Å². The number of para-hydroxylation sites is 1. The van der Waals surface area contributed by atoms with Crippen LogP contribution in [0.15, 0.2) is 34.7 Å². The zero-order valence-corrected chi connectivity index (χ0v) is 14.3. The summed E-state index contributed by atoms with van der Waals surface area (Å²) in [4.78, 5) is 25.2. The minimum absolute atomic E-state index is 0.104. The number of amides is 3. The SMILES string of the molecule is CC(NC(=O)NC1CCN(CC(N)=O)CC1)c1cc2ccccc2o1. The number of nitrogens with two attached hydrogens (primary N) is 1. The van der Waals surface area contributed by atoms with E-state index >= 15 is 0 Å². The Bertz CT molecular complexity index is 717. The van der Waals surface area contributed by atoms with Crippen molar-refractivity contribution >= 4 is 22.9 Å². The number of likely N-dealkylation sites (tertiary alicyclic amines) is 1. The first-order valence-electron chi connectivity index (χ1n) is 8.57. The van der Waals surface area contributed by atoms with Gasteiger partial charge in [0, 0.05) is 24.5 Å². The number of benzene rings is 1. The van der Waals surface area contributed by atoms with Crippen LogP contribution in [0, 0.1) is 0 Å². The maximum Gasteiger partial charge on any atom is 0.315 e. The third kappa shape index (κ3) is 4.51. The summed E-state index contributed by atoms with van der Waals surface area (Å²) in [5.74, 6) is 0.413. The second-order valence-corrected chi connectivity index (χ2v) is 6.54. The van der Waals surface area contributed by atoms with Crippen molar-refractivity contribution < 1.29 is 14.0 Å². The molecule has 0 bridgehead atoms. The zero-order chi connectivity index (χ0) is 17.8. The first-order chi connectivity index (χ1) is 12.0. The minimum Gasteiger partial charge on any atom is -0.459 e. The number of fused-ring (bicyclic) bond motifs is 1. The summed E-state index contributed by atoms with van der Waals surface area (Å²) in [6.45, 7) is 3.69. The molecule has 4 N–H and O–H groups in total. The third-order valence-corrected chi connectivity index (χ3v) is 4.52. The molecule has 0 saturated carbocycles. The van der Waals surface area contributed by atoms with E-state index in [1.807, 2.05) is 42.2 Å². The Labute approximate surface area is 146 Å². The van der Waals surface area contributed by atoms with Crippen molar-refractivity contribution in [1.82, 2.24) is 15.5 Å². The first kappa shape index (κ1) is 17.3. The number of rotatable bonds is 5. The summed E-state index contributed by atoms with van der Waals surface area (Å²) >= 11 is 0. The van der Waals surface area contributed by atoms with Gasteiger partial charge < -0.3 is 20.8 Å². The summed E-state index contributed by atoms with van der Waals surface area (Å²) in [5, 5.41) is 6.93. The smallest absolute Gasteiger partial charge is 0.315 e. The molecule has 0 spiro atoms. The van der Waals surface area contributed by atoms with E-state index in [4.69, 9.17) is 10.2 Å². The Hall–Kier alpha value is -2.54.